The Morgan fingerprint density at radius 3 is 1.42 bits per heavy atom. The van der Waals surface area contributed by atoms with E-state index in [2.05, 4.69) is 170 Å². The molecule has 0 bridgehead atoms. The summed E-state index contributed by atoms with van der Waals surface area (Å²) in [6, 6.07) is 63.4. The lowest BCUT2D eigenvalue weighted by atomic mass is 9.88. The van der Waals surface area contributed by atoms with Crippen LogP contribution in [0.5, 0.6) is 0 Å². The monoisotopic (exact) mass is 604 g/mol. The molecule has 0 spiro atoms. The zero-order valence-electron chi connectivity index (χ0n) is 26.2. The van der Waals surface area contributed by atoms with Crippen LogP contribution in [0.15, 0.2) is 170 Å². The third kappa shape index (κ3) is 3.66. The van der Waals surface area contributed by atoms with Gasteiger partial charge in [-0.25, -0.2) is 0 Å². The zero-order valence-corrected chi connectivity index (χ0v) is 26.2. The molecule has 0 heteroatoms. The first-order valence-corrected chi connectivity index (χ1v) is 16.7. The molecule has 0 aliphatic heterocycles. The van der Waals surface area contributed by atoms with Gasteiger partial charge in [-0.05, 0) is 152 Å². The average molecular weight is 605 g/mol. The van der Waals surface area contributed by atoms with E-state index in [1.54, 1.807) is 0 Å². The van der Waals surface area contributed by atoms with Crippen molar-refractivity contribution in [1.82, 2.24) is 0 Å². The maximum Gasteiger partial charge on any atom is -0.00199 e. The van der Waals surface area contributed by atoms with Crippen LogP contribution < -0.4 is 0 Å². The second-order valence-corrected chi connectivity index (χ2v) is 13.3. The summed E-state index contributed by atoms with van der Waals surface area (Å²) in [5, 5.41) is 15.5. The van der Waals surface area contributed by atoms with E-state index in [1.165, 1.54) is 109 Å². The van der Waals surface area contributed by atoms with Crippen molar-refractivity contribution in [3.63, 3.8) is 0 Å². The van der Waals surface area contributed by atoms with Gasteiger partial charge >= 0.3 is 0 Å². The summed E-state index contributed by atoms with van der Waals surface area (Å²) in [5.74, 6) is 0. The molecule has 0 fully saturated rings. The first-order valence-electron chi connectivity index (χ1n) is 16.7. The Kier molecular flexibility index (Phi) is 5.20. The Labute approximate surface area is 278 Å². The molecule has 10 aromatic rings. The highest BCUT2D eigenvalue weighted by molar-refractivity contribution is 6.29. The van der Waals surface area contributed by atoms with Crippen LogP contribution in [0.1, 0.15) is 0 Å². The summed E-state index contributed by atoms with van der Waals surface area (Å²) in [4.78, 5) is 0. The molecule has 0 saturated carbocycles. The molecule has 0 amide bonds. The van der Waals surface area contributed by atoms with E-state index in [0.717, 1.165) is 0 Å². The smallest absolute Gasteiger partial charge is 0.00199 e. The van der Waals surface area contributed by atoms with E-state index < -0.39 is 0 Å². The summed E-state index contributed by atoms with van der Waals surface area (Å²) in [7, 11) is 0. The molecular weight excluding hydrogens is 577 g/mol. The number of benzene rings is 10. The predicted molar refractivity (Wildman–Crippen MR) is 207 cm³/mol. The first kappa shape index (κ1) is 25.9. The van der Waals surface area contributed by atoms with Gasteiger partial charge in [-0.15, -0.1) is 0 Å². The summed E-state index contributed by atoms with van der Waals surface area (Å²) in [6.45, 7) is 0. The highest BCUT2D eigenvalue weighted by atomic mass is 14.3. The minimum absolute atomic E-state index is 1.25. The summed E-state index contributed by atoms with van der Waals surface area (Å²) in [5.41, 5.74) is 10.4. The van der Waals surface area contributed by atoms with Crippen LogP contribution in [-0.2, 0) is 0 Å². The van der Waals surface area contributed by atoms with E-state index >= 15 is 0 Å². The van der Waals surface area contributed by atoms with Crippen molar-refractivity contribution in [2.24, 2.45) is 0 Å². The largest absolute Gasteiger partial charge is 0.0616 e. The Balaban J connectivity index is 1.11. The van der Waals surface area contributed by atoms with E-state index in [9.17, 15) is 0 Å². The standard InChI is InChI=1S/C48H28/c1-2-9-30-22-33(17-16-29(30)8-1)34-18-19-36-24-37(21-20-35(36)23-34)42-27-46-41-15-7-14-40-43-25-31-10-3-4-11-32(31)26-44(43)47(48(40)41)28-45(46)39-13-6-5-12-38(39)42/h1-28H. The highest BCUT2D eigenvalue weighted by Gasteiger charge is 2.24. The topological polar surface area (TPSA) is 0 Å². The molecule has 0 aromatic heterocycles. The van der Waals surface area contributed by atoms with E-state index in [0.29, 0.717) is 0 Å². The van der Waals surface area contributed by atoms with E-state index in [4.69, 9.17) is 0 Å². The van der Waals surface area contributed by atoms with Crippen molar-refractivity contribution in [2.75, 3.05) is 0 Å². The molecule has 0 N–H and O–H groups in total. The van der Waals surface area contributed by atoms with Crippen molar-refractivity contribution in [3.8, 4) is 44.5 Å². The summed E-state index contributed by atoms with van der Waals surface area (Å²) < 4.78 is 0. The molecular formula is C48H28. The lowest BCUT2D eigenvalue weighted by molar-refractivity contribution is 1.66. The van der Waals surface area contributed by atoms with Crippen LogP contribution >= 0.6 is 0 Å². The predicted octanol–water partition coefficient (Wildman–Crippen LogP) is 13.6. The first-order chi connectivity index (χ1) is 23.8. The van der Waals surface area contributed by atoms with Crippen molar-refractivity contribution >= 4 is 64.6 Å². The maximum absolute atomic E-state index is 2.46. The second kappa shape index (κ2) is 9.64. The molecule has 0 unspecified atom stereocenters. The van der Waals surface area contributed by atoms with Crippen molar-refractivity contribution in [1.29, 1.82) is 0 Å². The molecule has 11 rings (SSSR count). The lowest BCUT2D eigenvalue weighted by Crippen LogP contribution is -1.88. The lowest BCUT2D eigenvalue weighted by Gasteiger charge is -2.15. The van der Waals surface area contributed by atoms with Crippen LogP contribution in [0.3, 0.4) is 0 Å². The van der Waals surface area contributed by atoms with Crippen molar-refractivity contribution in [3.05, 3.63) is 170 Å². The van der Waals surface area contributed by atoms with Gasteiger partial charge in [-0.3, -0.25) is 0 Å². The molecule has 0 saturated heterocycles. The number of hydrogen-bond acceptors (Lipinski definition) is 0. The molecule has 48 heavy (non-hydrogen) atoms. The Morgan fingerprint density at radius 1 is 0.208 bits per heavy atom. The molecule has 220 valence electrons. The number of hydrogen-bond donors (Lipinski definition) is 0. The van der Waals surface area contributed by atoms with Gasteiger partial charge in [0, 0.05) is 0 Å². The van der Waals surface area contributed by atoms with Gasteiger partial charge in [0.15, 0.2) is 0 Å². The fraction of sp³-hybridized carbons (Fsp3) is 0. The average Bonchev–Trinajstić information content (AvgIpc) is 3.46. The quantitative estimate of drug-likeness (QED) is 0.172. The maximum atomic E-state index is 2.46. The summed E-state index contributed by atoms with van der Waals surface area (Å²) in [6.07, 6.45) is 0. The number of rotatable bonds is 2. The highest BCUT2D eigenvalue weighted by Crippen LogP contribution is 2.52. The van der Waals surface area contributed by atoms with Crippen LogP contribution in [0.4, 0.5) is 0 Å². The minimum atomic E-state index is 1.25. The third-order valence-electron chi connectivity index (χ3n) is 10.7. The van der Waals surface area contributed by atoms with Gasteiger partial charge in [-0.1, -0.05) is 127 Å². The molecule has 1 aliphatic carbocycles. The van der Waals surface area contributed by atoms with Gasteiger partial charge in [0.2, 0.25) is 0 Å². The van der Waals surface area contributed by atoms with Crippen LogP contribution in [0.25, 0.3) is 109 Å². The van der Waals surface area contributed by atoms with Crippen molar-refractivity contribution in [2.45, 2.75) is 0 Å². The van der Waals surface area contributed by atoms with Gasteiger partial charge in [0.1, 0.15) is 0 Å². The number of fused-ring (bicyclic) bond motifs is 10. The Hall–Kier alpha value is -6.24. The molecule has 1 aliphatic rings. The normalized spacial score (nSPS) is 12.2. The van der Waals surface area contributed by atoms with Crippen LogP contribution in [0.2, 0.25) is 0 Å². The second-order valence-electron chi connectivity index (χ2n) is 13.3. The molecule has 0 heterocycles. The fourth-order valence-electron chi connectivity index (χ4n) is 8.38. The fourth-order valence-corrected chi connectivity index (χ4v) is 8.38. The Bertz CT molecular complexity index is 3000. The minimum Gasteiger partial charge on any atom is -0.0616 e. The zero-order chi connectivity index (χ0) is 31.3. The van der Waals surface area contributed by atoms with Gasteiger partial charge in [0.05, 0.1) is 0 Å². The molecule has 0 atom stereocenters. The molecule has 10 aromatic carbocycles. The van der Waals surface area contributed by atoms with Gasteiger partial charge < -0.3 is 0 Å². The van der Waals surface area contributed by atoms with Gasteiger partial charge in [-0.2, -0.15) is 0 Å². The van der Waals surface area contributed by atoms with E-state index in [-0.39, 0.29) is 0 Å². The van der Waals surface area contributed by atoms with Gasteiger partial charge in [0.25, 0.3) is 0 Å². The third-order valence-corrected chi connectivity index (χ3v) is 10.7. The Morgan fingerprint density at radius 2 is 0.688 bits per heavy atom. The van der Waals surface area contributed by atoms with E-state index in [1.807, 2.05) is 0 Å². The van der Waals surface area contributed by atoms with Crippen LogP contribution in [0, 0.1) is 0 Å². The molecule has 0 nitrogen and oxygen atoms in total. The molecule has 0 radical (unpaired) electrons. The van der Waals surface area contributed by atoms with Crippen molar-refractivity contribution < 1.29 is 0 Å². The SMILES string of the molecule is c1ccc2cc(-c3ccc4cc(-c5cc6c7cccc8c7c(cc6c6ccccc56)-c5cc6ccccc6cc5-8)ccc4c3)ccc2c1. The van der Waals surface area contributed by atoms with Crippen LogP contribution in [-0.4, -0.2) is 0 Å². The summed E-state index contributed by atoms with van der Waals surface area (Å²) >= 11 is 0.